The van der Waals surface area contributed by atoms with Gasteiger partial charge in [-0.05, 0) is 55.8 Å². The number of carbonyl (C=O) groups is 1. The van der Waals surface area contributed by atoms with Gasteiger partial charge in [0.1, 0.15) is 17.3 Å². The number of hydrogen-bond acceptors (Lipinski definition) is 6. The Kier molecular flexibility index (Phi) is 6.17. The van der Waals surface area contributed by atoms with Gasteiger partial charge in [0.25, 0.3) is 5.56 Å². The van der Waals surface area contributed by atoms with Crippen LogP contribution < -0.4 is 19.6 Å². The van der Waals surface area contributed by atoms with E-state index in [1.54, 1.807) is 24.7 Å². The van der Waals surface area contributed by atoms with Crippen LogP contribution in [0.4, 0.5) is 0 Å². The Hall–Kier alpha value is -3.49. The van der Waals surface area contributed by atoms with Gasteiger partial charge >= 0.3 is 0 Å². The van der Waals surface area contributed by atoms with Crippen LogP contribution in [0.15, 0.2) is 90.6 Å². The molecular weight excluding hydrogens is 528 g/mol. The molecule has 2 aromatic heterocycles. The average molecular weight is 549 g/mol. The second-order valence-corrected chi connectivity index (χ2v) is 10.0. The van der Waals surface area contributed by atoms with E-state index in [1.165, 1.54) is 18.3 Å². The van der Waals surface area contributed by atoms with Gasteiger partial charge in [-0.15, -0.1) is 0 Å². The molecule has 35 heavy (non-hydrogen) atoms. The Bertz CT molecular complexity index is 1640. The topological polar surface area (TPSA) is 73.8 Å². The minimum absolute atomic E-state index is 0.119. The van der Waals surface area contributed by atoms with Crippen molar-refractivity contribution >= 4 is 39.1 Å². The first kappa shape index (κ1) is 23.3. The van der Waals surface area contributed by atoms with Gasteiger partial charge in [0.2, 0.25) is 0 Å². The van der Waals surface area contributed by atoms with Crippen molar-refractivity contribution in [3.63, 3.8) is 0 Å². The van der Waals surface area contributed by atoms with Gasteiger partial charge in [0.15, 0.2) is 10.6 Å². The van der Waals surface area contributed by atoms with Gasteiger partial charge < -0.3 is 9.15 Å². The molecule has 2 aromatic carbocycles. The number of halogens is 1. The van der Waals surface area contributed by atoms with E-state index < -0.39 is 6.04 Å². The third kappa shape index (κ3) is 4.35. The number of carbonyl (C=O) groups excluding carboxylic acids is 1. The first-order valence-corrected chi connectivity index (χ1v) is 12.5. The van der Waals surface area contributed by atoms with E-state index in [4.69, 9.17) is 9.15 Å². The largest absolute Gasteiger partial charge is 0.497 e. The maximum Gasteiger partial charge on any atom is 0.271 e. The molecule has 4 aromatic rings. The lowest BCUT2D eigenvalue weighted by molar-refractivity contribution is -0.114. The van der Waals surface area contributed by atoms with Crippen molar-refractivity contribution in [1.29, 1.82) is 0 Å². The second-order valence-electron chi connectivity index (χ2n) is 8.12. The lowest BCUT2D eigenvalue weighted by atomic mass is 9.93. The SMILES string of the molecule is COc1ccc([C@H]2C(C(C)=O)=C(C)N=c3s/c(=C/c4ccc(-c5ccc(Br)cc5)o4)c(=O)n32)cc1. The zero-order chi connectivity index (χ0) is 24.7. The van der Waals surface area contributed by atoms with Gasteiger partial charge in [-0.25, -0.2) is 4.99 Å². The van der Waals surface area contributed by atoms with E-state index in [0.717, 1.165) is 15.6 Å². The molecule has 0 N–H and O–H groups in total. The van der Waals surface area contributed by atoms with E-state index in [2.05, 4.69) is 20.9 Å². The van der Waals surface area contributed by atoms with Crippen molar-refractivity contribution in [2.24, 2.45) is 4.99 Å². The number of thiazole rings is 1. The first-order valence-electron chi connectivity index (χ1n) is 10.9. The summed E-state index contributed by atoms with van der Waals surface area (Å²) in [5, 5.41) is 0. The van der Waals surface area contributed by atoms with E-state index in [1.807, 2.05) is 60.7 Å². The van der Waals surface area contributed by atoms with Crippen LogP contribution in [0.2, 0.25) is 0 Å². The van der Waals surface area contributed by atoms with Crippen LogP contribution >= 0.6 is 27.3 Å². The van der Waals surface area contributed by atoms with Crippen LogP contribution in [0, 0.1) is 0 Å². The second kappa shape index (κ2) is 9.28. The molecule has 0 bridgehead atoms. The summed E-state index contributed by atoms with van der Waals surface area (Å²) in [4.78, 5) is 31.4. The lowest BCUT2D eigenvalue weighted by Crippen LogP contribution is -2.39. The normalized spacial score (nSPS) is 15.7. The Morgan fingerprint density at radius 2 is 1.83 bits per heavy atom. The van der Waals surface area contributed by atoms with Crippen molar-refractivity contribution in [2.75, 3.05) is 7.11 Å². The van der Waals surface area contributed by atoms with E-state index in [9.17, 15) is 9.59 Å². The summed E-state index contributed by atoms with van der Waals surface area (Å²) in [7, 11) is 1.60. The molecule has 6 nitrogen and oxygen atoms in total. The fraction of sp³-hybridized carbons (Fsp3) is 0.148. The van der Waals surface area contributed by atoms with Crippen LogP contribution in [0.3, 0.4) is 0 Å². The van der Waals surface area contributed by atoms with Crippen molar-refractivity contribution in [1.82, 2.24) is 4.57 Å². The van der Waals surface area contributed by atoms with Gasteiger partial charge in [-0.3, -0.25) is 14.2 Å². The molecule has 1 aliphatic heterocycles. The number of benzene rings is 2. The Morgan fingerprint density at radius 3 is 2.49 bits per heavy atom. The maximum absolute atomic E-state index is 13.6. The number of ether oxygens (including phenoxy) is 1. The number of methoxy groups -OCH3 is 1. The highest BCUT2D eigenvalue weighted by molar-refractivity contribution is 9.10. The van der Waals surface area contributed by atoms with Crippen molar-refractivity contribution in [3.8, 4) is 17.1 Å². The minimum Gasteiger partial charge on any atom is -0.497 e. The molecule has 0 saturated heterocycles. The van der Waals surface area contributed by atoms with E-state index in [0.29, 0.717) is 37.9 Å². The summed E-state index contributed by atoms with van der Waals surface area (Å²) in [5.74, 6) is 1.86. The highest BCUT2D eigenvalue weighted by Crippen LogP contribution is 2.31. The van der Waals surface area contributed by atoms with Crippen molar-refractivity contribution in [2.45, 2.75) is 19.9 Å². The molecule has 8 heteroatoms. The van der Waals surface area contributed by atoms with Gasteiger partial charge in [0.05, 0.1) is 17.7 Å². The minimum atomic E-state index is -0.563. The van der Waals surface area contributed by atoms with Crippen LogP contribution in [0.1, 0.15) is 31.2 Å². The van der Waals surface area contributed by atoms with Gasteiger partial charge in [0, 0.05) is 27.4 Å². The number of ketones is 1. The third-order valence-corrected chi connectivity index (χ3v) is 7.37. The maximum atomic E-state index is 13.6. The molecule has 0 saturated carbocycles. The van der Waals surface area contributed by atoms with Crippen LogP contribution in [0.25, 0.3) is 17.4 Å². The number of fused-ring (bicyclic) bond motifs is 1. The number of rotatable bonds is 5. The highest BCUT2D eigenvalue weighted by atomic mass is 79.9. The zero-order valence-electron chi connectivity index (χ0n) is 19.2. The molecule has 5 rings (SSSR count). The summed E-state index contributed by atoms with van der Waals surface area (Å²) in [5.41, 5.74) is 2.65. The fourth-order valence-electron chi connectivity index (χ4n) is 4.20. The molecule has 0 radical (unpaired) electrons. The Morgan fingerprint density at radius 1 is 1.11 bits per heavy atom. The summed E-state index contributed by atoms with van der Waals surface area (Å²) < 4.78 is 14.3. The highest BCUT2D eigenvalue weighted by Gasteiger charge is 2.30. The predicted molar refractivity (Wildman–Crippen MR) is 139 cm³/mol. The average Bonchev–Trinajstić information content (AvgIpc) is 3.43. The molecule has 0 spiro atoms. The summed E-state index contributed by atoms with van der Waals surface area (Å²) in [6, 6.07) is 18.4. The number of Topliss-reactive ketones (excluding diaryl/α,β-unsaturated/α-hetero) is 1. The van der Waals surface area contributed by atoms with Crippen LogP contribution in [-0.4, -0.2) is 17.5 Å². The molecule has 0 unspecified atom stereocenters. The number of nitrogens with zero attached hydrogens (tertiary/aromatic N) is 2. The Balaban J connectivity index is 1.62. The zero-order valence-corrected chi connectivity index (χ0v) is 21.6. The Labute approximate surface area is 213 Å². The van der Waals surface area contributed by atoms with Gasteiger partial charge in [-0.1, -0.05) is 51.5 Å². The van der Waals surface area contributed by atoms with Crippen LogP contribution in [0.5, 0.6) is 5.75 Å². The van der Waals surface area contributed by atoms with Crippen LogP contribution in [-0.2, 0) is 4.79 Å². The summed E-state index contributed by atoms with van der Waals surface area (Å²) in [6.07, 6.45) is 1.73. The van der Waals surface area contributed by atoms with Gasteiger partial charge in [-0.2, -0.15) is 0 Å². The smallest absolute Gasteiger partial charge is 0.271 e. The first-order chi connectivity index (χ1) is 16.9. The predicted octanol–water partition coefficient (Wildman–Crippen LogP) is 4.86. The molecule has 0 aliphatic carbocycles. The number of allylic oxidation sites excluding steroid dienone is 2. The third-order valence-electron chi connectivity index (χ3n) is 5.86. The van der Waals surface area contributed by atoms with Crippen molar-refractivity contribution in [3.05, 3.63) is 107 Å². The summed E-state index contributed by atoms with van der Waals surface area (Å²) >= 11 is 4.72. The quantitative estimate of drug-likeness (QED) is 0.357. The van der Waals surface area contributed by atoms with Crippen molar-refractivity contribution < 1.29 is 13.9 Å². The fourth-order valence-corrected chi connectivity index (χ4v) is 5.49. The van der Waals surface area contributed by atoms with E-state index >= 15 is 0 Å². The molecule has 176 valence electrons. The molecule has 0 fully saturated rings. The molecular formula is C27H21BrN2O4S. The number of furan rings is 1. The summed E-state index contributed by atoms with van der Waals surface area (Å²) in [6.45, 7) is 3.31. The van der Waals surface area contributed by atoms with E-state index in [-0.39, 0.29) is 11.3 Å². The standard InChI is InChI=1S/C27H21BrN2O4S/c1-15-24(16(2)31)25(18-6-10-20(33-3)11-7-18)30-26(32)23(35-27(30)29-15)14-21-12-13-22(34-21)17-4-8-19(28)9-5-17/h4-14,25H,1-3H3/b23-14+/t25-/m0/s1. The number of hydrogen-bond donors (Lipinski definition) is 0. The molecule has 1 aliphatic rings. The molecule has 1 atom stereocenters. The lowest BCUT2D eigenvalue weighted by Gasteiger charge is -2.24. The molecule has 3 heterocycles. The monoisotopic (exact) mass is 548 g/mol. The number of aromatic nitrogens is 1. The molecule has 0 amide bonds.